The molecule has 23 heavy (non-hydrogen) atoms. The first-order valence-corrected chi connectivity index (χ1v) is 8.41. The second kappa shape index (κ2) is 11.9. The van der Waals surface area contributed by atoms with Crippen LogP contribution in [0.3, 0.4) is 0 Å². The molecule has 0 aliphatic carbocycles. The van der Waals surface area contributed by atoms with E-state index < -0.39 is 0 Å². The van der Waals surface area contributed by atoms with Crippen LogP contribution >= 0.6 is 0 Å². The number of hydrogen-bond donors (Lipinski definition) is 2. The first kappa shape index (κ1) is 19.5. The number of aliphatic imine (C=N–C) groups is 1. The molecule has 0 unspecified atom stereocenters. The Balaban J connectivity index is 2.35. The standard InChI is InChI=1S/C18H32N4O/c1-5-19-18(20-10-7-11-22(3)12-13-23-4)21-15-17-9-6-8-16(2)14-17/h6,8-9,14H,5,7,10-13,15H2,1-4H3,(H2,19,20,21). The SMILES string of the molecule is CCNC(=NCc1cccc(C)c1)NCCCN(C)CCOC. The van der Waals surface area contributed by atoms with Gasteiger partial charge in [-0.25, -0.2) is 4.99 Å². The maximum Gasteiger partial charge on any atom is 0.191 e. The lowest BCUT2D eigenvalue weighted by Gasteiger charge is -2.17. The van der Waals surface area contributed by atoms with E-state index in [0.29, 0.717) is 6.54 Å². The minimum absolute atomic E-state index is 0.699. The molecule has 0 radical (unpaired) electrons. The highest BCUT2D eigenvalue weighted by atomic mass is 16.5. The van der Waals surface area contributed by atoms with Crippen LogP contribution in [-0.2, 0) is 11.3 Å². The minimum atomic E-state index is 0.699. The van der Waals surface area contributed by atoms with Gasteiger partial charge in [-0.05, 0) is 39.4 Å². The Morgan fingerprint density at radius 1 is 1.26 bits per heavy atom. The fourth-order valence-electron chi connectivity index (χ4n) is 2.24. The van der Waals surface area contributed by atoms with Gasteiger partial charge in [0.1, 0.15) is 0 Å². The second-order valence-corrected chi connectivity index (χ2v) is 5.76. The number of hydrogen-bond acceptors (Lipinski definition) is 3. The summed E-state index contributed by atoms with van der Waals surface area (Å²) in [7, 11) is 3.86. The molecule has 0 spiro atoms. The molecule has 0 aliphatic heterocycles. The average Bonchev–Trinajstić information content (AvgIpc) is 2.54. The van der Waals surface area contributed by atoms with Gasteiger partial charge in [0.25, 0.3) is 0 Å². The van der Waals surface area contributed by atoms with Crippen LogP contribution in [0.1, 0.15) is 24.5 Å². The number of aryl methyl sites for hydroxylation is 1. The van der Waals surface area contributed by atoms with Crippen LogP contribution in [0.25, 0.3) is 0 Å². The fourth-order valence-corrected chi connectivity index (χ4v) is 2.24. The van der Waals surface area contributed by atoms with Crippen LogP contribution in [0, 0.1) is 6.92 Å². The molecule has 0 fully saturated rings. The van der Waals surface area contributed by atoms with Gasteiger partial charge in [0.05, 0.1) is 13.2 Å². The topological polar surface area (TPSA) is 48.9 Å². The highest BCUT2D eigenvalue weighted by molar-refractivity contribution is 5.79. The van der Waals surface area contributed by atoms with Gasteiger partial charge in [0, 0.05) is 26.7 Å². The third-order valence-corrected chi connectivity index (χ3v) is 3.53. The van der Waals surface area contributed by atoms with E-state index in [1.807, 2.05) is 0 Å². The van der Waals surface area contributed by atoms with Gasteiger partial charge in [-0.1, -0.05) is 29.8 Å². The van der Waals surface area contributed by atoms with Crippen molar-refractivity contribution < 1.29 is 4.74 Å². The Kier molecular flexibility index (Phi) is 10.1. The van der Waals surface area contributed by atoms with E-state index in [1.54, 1.807) is 7.11 Å². The largest absolute Gasteiger partial charge is 0.383 e. The molecular weight excluding hydrogens is 288 g/mol. The summed E-state index contributed by atoms with van der Waals surface area (Å²) >= 11 is 0. The summed E-state index contributed by atoms with van der Waals surface area (Å²) in [6.07, 6.45) is 1.08. The first-order valence-electron chi connectivity index (χ1n) is 8.41. The third-order valence-electron chi connectivity index (χ3n) is 3.53. The van der Waals surface area contributed by atoms with Crippen molar-refractivity contribution in [2.24, 2.45) is 4.99 Å². The van der Waals surface area contributed by atoms with Crippen molar-refractivity contribution >= 4 is 5.96 Å². The van der Waals surface area contributed by atoms with Crippen LogP contribution in [0.4, 0.5) is 0 Å². The Morgan fingerprint density at radius 2 is 2.09 bits per heavy atom. The van der Waals surface area contributed by atoms with Crippen molar-refractivity contribution in [2.75, 3.05) is 46.9 Å². The number of methoxy groups -OCH3 is 1. The quantitative estimate of drug-likeness (QED) is 0.393. The average molecular weight is 320 g/mol. The smallest absolute Gasteiger partial charge is 0.191 e. The molecule has 1 aromatic carbocycles. The van der Waals surface area contributed by atoms with Gasteiger partial charge in [0.2, 0.25) is 0 Å². The summed E-state index contributed by atoms with van der Waals surface area (Å²) < 4.78 is 5.08. The molecule has 2 N–H and O–H groups in total. The van der Waals surface area contributed by atoms with E-state index in [1.165, 1.54) is 11.1 Å². The Labute approximate surface area is 141 Å². The number of guanidine groups is 1. The summed E-state index contributed by atoms with van der Waals surface area (Å²) in [6, 6.07) is 8.48. The van der Waals surface area contributed by atoms with Gasteiger partial charge in [-0.15, -0.1) is 0 Å². The molecule has 0 aromatic heterocycles. The Bertz CT molecular complexity index is 462. The number of nitrogens with one attached hydrogen (secondary N) is 2. The number of nitrogens with zero attached hydrogens (tertiary/aromatic N) is 2. The summed E-state index contributed by atoms with van der Waals surface area (Å²) in [5, 5.41) is 6.69. The summed E-state index contributed by atoms with van der Waals surface area (Å²) in [5.74, 6) is 0.883. The zero-order valence-corrected chi connectivity index (χ0v) is 15.1. The molecule has 0 atom stereocenters. The number of likely N-dealkylation sites (N-methyl/N-ethyl adjacent to an activating group) is 1. The molecule has 0 saturated carbocycles. The molecule has 0 saturated heterocycles. The lowest BCUT2D eigenvalue weighted by Crippen LogP contribution is -2.38. The van der Waals surface area contributed by atoms with Crippen molar-refractivity contribution in [3.8, 4) is 0 Å². The molecule has 0 amide bonds. The molecule has 5 nitrogen and oxygen atoms in total. The Morgan fingerprint density at radius 3 is 2.78 bits per heavy atom. The van der Waals surface area contributed by atoms with Crippen molar-refractivity contribution in [3.05, 3.63) is 35.4 Å². The van der Waals surface area contributed by atoms with Crippen LogP contribution < -0.4 is 10.6 Å². The zero-order valence-electron chi connectivity index (χ0n) is 15.1. The van der Waals surface area contributed by atoms with Crippen LogP contribution in [0.5, 0.6) is 0 Å². The minimum Gasteiger partial charge on any atom is -0.383 e. The van der Waals surface area contributed by atoms with E-state index in [2.05, 4.69) is 65.7 Å². The maximum absolute atomic E-state index is 5.08. The Hall–Kier alpha value is -1.59. The second-order valence-electron chi connectivity index (χ2n) is 5.76. The number of benzene rings is 1. The molecule has 1 rings (SSSR count). The highest BCUT2D eigenvalue weighted by Gasteiger charge is 2.00. The van der Waals surface area contributed by atoms with Gasteiger partial charge in [-0.2, -0.15) is 0 Å². The molecule has 1 aromatic rings. The predicted molar refractivity (Wildman–Crippen MR) is 98.0 cm³/mol. The molecule has 130 valence electrons. The van der Waals surface area contributed by atoms with Crippen LogP contribution in [0.15, 0.2) is 29.3 Å². The van der Waals surface area contributed by atoms with Crippen LogP contribution in [0.2, 0.25) is 0 Å². The van der Waals surface area contributed by atoms with Crippen molar-refractivity contribution in [1.29, 1.82) is 0 Å². The maximum atomic E-state index is 5.08. The molecule has 0 bridgehead atoms. The highest BCUT2D eigenvalue weighted by Crippen LogP contribution is 2.04. The van der Waals surface area contributed by atoms with Gasteiger partial charge < -0.3 is 20.3 Å². The predicted octanol–water partition coefficient (Wildman–Crippen LogP) is 2.02. The first-order chi connectivity index (χ1) is 11.2. The van der Waals surface area contributed by atoms with E-state index in [4.69, 9.17) is 4.74 Å². The number of ether oxygens (including phenoxy) is 1. The molecular formula is C18H32N4O. The monoisotopic (exact) mass is 320 g/mol. The van der Waals surface area contributed by atoms with E-state index in [9.17, 15) is 0 Å². The van der Waals surface area contributed by atoms with Gasteiger partial charge in [0.15, 0.2) is 5.96 Å². The van der Waals surface area contributed by atoms with Crippen molar-refractivity contribution in [1.82, 2.24) is 15.5 Å². The fraction of sp³-hybridized carbons (Fsp3) is 0.611. The summed E-state index contributed by atoms with van der Waals surface area (Å²) in [5.41, 5.74) is 2.51. The zero-order chi connectivity index (χ0) is 16.9. The van der Waals surface area contributed by atoms with E-state index in [0.717, 1.165) is 45.2 Å². The normalized spacial score (nSPS) is 11.8. The lowest BCUT2D eigenvalue weighted by atomic mass is 10.1. The van der Waals surface area contributed by atoms with Crippen LogP contribution in [-0.4, -0.2) is 57.8 Å². The van der Waals surface area contributed by atoms with E-state index in [-0.39, 0.29) is 0 Å². The molecule has 5 heteroatoms. The van der Waals surface area contributed by atoms with E-state index >= 15 is 0 Å². The molecule has 0 heterocycles. The van der Waals surface area contributed by atoms with Gasteiger partial charge in [-0.3, -0.25) is 0 Å². The lowest BCUT2D eigenvalue weighted by molar-refractivity contribution is 0.161. The van der Waals surface area contributed by atoms with Gasteiger partial charge >= 0.3 is 0 Å². The summed E-state index contributed by atoms with van der Waals surface area (Å²) in [4.78, 5) is 6.93. The van der Waals surface area contributed by atoms with Crippen molar-refractivity contribution in [2.45, 2.75) is 26.8 Å². The number of rotatable bonds is 10. The third kappa shape index (κ3) is 9.21. The molecule has 0 aliphatic rings. The van der Waals surface area contributed by atoms with Crippen molar-refractivity contribution in [3.63, 3.8) is 0 Å². The summed E-state index contributed by atoms with van der Waals surface area (Å²) in [6.45, 7) is 9.48.